The van der Waals surface area contributed by atoms with E-state index in [-0.39, 0.29) is 18.0 Å². The number of carbonyl (C=O) groups is 1. The van der Waals surface area contributed by atoms with Gasteiger partial charge in [-0.05, 0) is 6.07 Å². The molecule has 0 bridgehead atoms. The number of amides is 1. The molecule has 2 aromatic heterocycles. The van der Waals surface area contributed by atoms with Crippen LogP contribution in [0.2, 0.25) is 5.02 Å². The monoisotopic (exact) mass is 342 g/mol. The third-order valence-corrected chi connectivity index (χ3v) is 4.92. The standard InChI is InChI=1S/C17H15ClN4O2/c1-21-13-5-3-2-4-10(13)14(18)15(21)17(24)22-7-6-12-11(8-22)16(23)20-9-19-12/h2-5,9H,6-8H2,1H3,(H,19,20,23). The fraction of sp³-hybridized carbons (Fsp3) is 0.235. The lowest BCUT2D eigenvalue weighted by molar-refractivity contribution is 0.0723. The highest BCUT2D eigenvalue weighted by atomic mass is 35.5. The average Bonchev–Trinajstić information content (AvgIpc) is 2.86. The molecule has 0 saturated heterocycles. The van der Waals surface area contributed by atoms with E-state index < -0.39 is 0 Å². The van der Waals surface area contributed by atoms with Crippen molar-refractivity contribution >= 4 is 28.4 Å². The fourth-order valence-corrected chi connectivity index (χ4v) is 3.63. The maximum Gasteiger partial charge on any atom is 0.272 e. The van der Waals surface area contributed by atoms with Crippen molar-refractivity contribution in [3.63, 3.8) is 0 Å². The van der Waals surface area contributed by atoms with E-state index >= 15 is 0 Å². The Morgan fingerprint density at radius 1 is 1.33 bits per heavy atom. The van der Waals surface area contributed by atoms with Gasteiger partial charge < -0.3 is 14.5 Å². The lowest BCUT2D eigenvalue weighted by Crippen LogP contribution is -2.40. The largest absolute Gasteiger partial charge is 0.338 e. The molecule has 7 heteroatoms. The SMILES string of the molecule is Cn1c(C(=O)N2CCc3nc[nH]c(=O)c3C2)c(Cl)c2ccccc21. The summed E-state index contributed by atoms with van der Waals surface area (Å²) in [6.07, 6.45) is 1.96. The highest BCUT2D eigenvalue weighted by Crippen LogP contribution is 2.31. The average molecular weight is 343 g/mol. The maximum atomic E-state index is 13.0. The van der Waals surface area contributed by atoms with Crippen LogP contribution in [0, 0.1) is 0 Å². The van der Waals surface area contributed by atoms with Crippen molar-refractivity contribution in [2.24, 2.45) is 7.05 Å². The number of rotatable bonds is 1. The molecule has 0 fully saturated rings. The molecule has 0 unspecified atom stereocenters. The third-order valence-electron chi connectivity index (χ3n) is 4.54. The Kier molecular flexibility index (Phi) is 3.42. The van der Waals surface area contributed by atoms with Crippen LogP contribution in [0.1, 0.15) is 21.7 Å². The van der Waals surface area contributed by atoms with Crippen LogP contribution in [0.4, 0.5) is 0 Å². The van der Waals surface area contributed by atoms with Gasteiger partial charge in [0.25, 0.3) is 11.5 Å². The van der Waals surface area contributed by atoms with E-state index in [1.165, 1.54) is 6.33 Å². The smallest absolute Gasteiger partial charge is 0.272 e. The minimum Gasteiger partial charge on any atom is -0.338 e. The molecule has 0 saturated carbocycles. The number of H-pyrrole nitrogens is 1. The summed E-state index contributed by atoms with van der Waals surface area (Å²) in [5, 5.41) is 1.30. The molecule has 0 spiro atoms. The molecule has 0 atom stereocenters. The van der Waals surface area contributed by atoms with E-state index in [2.05, 4.69) is 9.97 Å². The summed E-state index contributed by atoms with van der Waals surface area (Å²) in [6, 6.07) is 7.63. The lowest BCUT2D eigenvalue weighted by Gasteiger charge is -2.27. The van der Waals surface area contributed by atoms with Gasteiger partial charge in [0, 0.05) is 30.9 Å². The molecule has 6 nitrogen and oxygen atoms in total. The second-order valence-electron chi connectivity index (χ2n) is 5.87. The predicted octanol–water partition coefficient (Wildman–Crippen LogP) is 2.11. The molecule has 3 heterocycles. The van der Waals surface area contributed by atoms with Gasteiger partial charge in [0.15, 0.2) is 0 Å². The summed E-state index contributed by atoms with van der Waals surface area (Å²) in [4.78, 5) is 33.4. The summed E-state index contributed by atoms with van der Waals surface area (Å²) in [7, 11) is 1.83. The first-order chi connectivity index (χ1) is 11.6. The predicted molar refractivity (Wildman–Crippen MR) is 91.2 cm³/mol. The summed E-state index contributed by atoms with van der Waals surface area (Å²) in [5.74, 6) is -0.174. The number of nitrogens with zero attached hydrogens (tertiary/aromatic N) is 3. The number of aryl methyl sites for hydroxylation is 1. The van der Waals surface area contributed by atoms with E-state index in [9.17, 15) is 9.59 Å². The van der Waals surface area contributed by atoms with E-state index in [1.54, 1.807) is 4.90 Å². The number of halogens is 1. The quantitative estimate of drug-likeness (QED) is 0.736. The van der Waals surface area contributed by atoms with E-state index in [0.717, 1.165) is 16.6 Å². The number of benzene rings is 1. The first kappa shape index (κ1) is 15.0. The number of hydrogen-bond acceptors (Lipinski definition) is 3. The summed E-state index contributed by atoms with van der Waals surface area (Å²) in [6.45, 7) is 0.759. The number of nitrogens with one attached hydrogen (secondary N) is 1. The highest BCUT2D eigenvalue weighted by molar-refractivity contribution is 6.38. The number of aromatic amines is 1. The molecule has 1 aliphatic rings. The summed E-state index contributed by atoms with van der Waals surface area (Å²) < 4.78 is 1.81. The van der Waals surface area contributed by atoms with Crippen molar-refractivity contribution in [1.82, 2.24) is 19.4 Å². The Hall–Kier alpha value is -2.60. The van der Waals surface area contributed by atoms with E-state index in [4.69, 9.17) is 11.6 Å². The zero-order valence-electron chi connectivity index (χ0n) is 13.0. The van der Waals surface area contributed by atoms with Crippen molar-refractivity contribution in [3.05, 3.63) is 62.9 Å². The highest BCUT2D eigenvalue weighted by Gasteiger charge is 2.28. The van der Waals surface area contributed by atoms with E-state index in [1.807, 2.05) is 35.9 Å². The van der Waals surface area contributed by atoms with Crippen LogP contribution in [-0.2, 0) is 20.0 Å². The van der Waals surface area contributed by atoms with Crippen LogP contribution in [0.25, 0.3) is 10.9 Å². The lowest BCUT2D eigenvalue weighted by atomic mass is 10.1. The maximum absolute atomic E-state index is 13.0. The van der Waals surface area contributed by atoms with Gasteiger partial charge in [0.05, 0.1) is 29.2 Å². The summed E-state index contributed by atoms with van der Waals surface area (Å²) >= 11 is 6.46. The van der Waals surface area contributed by atoms with Gasteiger partial charge in [-0.2, -0.15) is 0 Å². The van der Waals surface area contributed by atoms with Gasteiger partial charge in [-0.3, -0.25) is 9.59 Å². The molecule has 1 N–H and O–H groups in total. The molecule has 3 aromatic rings. The number of fused-ring (bicyclic) bond motifs is 2. The van der Waals surface area contributed by atoms with Gasteiger partial charge in [-0.15, -0.1) is 0 Å². The topological polar surface area (TPSA) is 71.0 Å². The molecular weight excluding hydrogens is 328 g/mol. The Morgan fingerprint density at radius 2 is 2.12 bits per heavy atom. The van der Waals surface area contributed by atoms with Gasteiger partial charge in [-0.1, -0.05) is 29.8 Å². The minimum atomic E-state index is -0.194. The van der Waals surface area contributed by atoms with Crippen molar-refractivity contribution in [2.75, 3.05) is 6.54 Å². The zero-order valence-corrected chi connectivity index (χ0v) is 13.8. The molecule has 0 aliphatic carbocycles. The Morgan fingerprint density at radius 3 is 2.92 bits per heavy atom. The van der Waals surface area contributed by atoms with Crippen LogP contribution in [0.5, 0.6) is 0 Å². The van der Waals surface area contributed by atoms with Crippen LogP contribution < -0.4 is 5.56 Å². The molecule has 122 valence electrons. The fourth-order valence-electron chi connectivity index (χ4n) is 3.26. The van der Waals surface area contributed by atoms with Gasteiger partial charge in [0.2, 0.25) is 0 Å². The van der Waals surface area contributed by atoms with Gasteiger partial charge in [0.1, 0.15) is 5.69 Å². The zero-order chi connectivity index (χ0) is 16.8. The Balaban J connectivity index is 1.76. The van der Waals surface area contributed by atoms with Crippen LogP contribution in [-0.4, -0.2) is 31.9 Å². The molecule has 1 amide bonds. The number of carbonyl (C=O) groups excluding carboxylic acids is 1. The third kappa shape index (κ3) is 2.14. The number of hydrogen-bond donors (Lipinski definition) is 1. The van der Waals surface area contributed by atoms with Crippen LogP contribution in [0.3, 0.4) is 0 Å². The first-order valence-electron chi connectivity index (χ1n) is 7.65. The minimum absolute atomic E-state index is 0.174. The molecule has 1 aliphatic heterocycles. The van der Waals surface area contributed by atoms with Crippen molar-refractivity contribution in [2.45, 2.75) is 13.0 Å². The summed E-state index contributed by atoms with van der Waals surface area (Å²) in [5.41, 5.74) is 2.46. The second-order valence-corrected chi connectivity index (χ2v) is 6.25. The van der Waals surface area contributed by atoms with Crippen LogP contribution >= 0.6 is 11.6 Å². The number of para-hydroxylation sites is 1. The molecule has 4 rings (SSSR count). The Labute approximate surface area is 142 Å². The van der Waals surface area contributed by atoms with Gasteiger partial charge in [-0.25, -0.2) is 4.98 Å². The second kappa shape index (κ2) is 5.49. The number of aromatic nitrogens is 3. The van der Waals surface area contributed by atoms with Crippen molar-refractivity contribution in [1.29, 1.82) is 0 Å². The van der Waals surface area contributed by atoms with E-state index in [0.29, 0.717) is 29.2 Å². The van der Waals surface area contributed by atoms with Gasteiger partial charge >= 0.3 is 0 Å². The van der Waals surface area contributed by atoms with Crippen LogP contribution in [0.15, 0.2) is 35.4 Å². The normalized spacial score (nSPS) is 14.0. The molecule has 1 aromatic carbocycles. The van der Waals surface area contributed by atoms with Crippen molar-refractivity contribution in [3.8, 4) is 0 Å². The molecule has 24 heavy (non-hydrogen) atoms. The first-order valence-corrected chi connectivity index (χ1v) is 8.03. The molecular formula is C17H15ClN4O2. The van der Waals surface area contributed by atoms with Crippen molar-refractivity contribution < 1.29 is 4.79 Å². The Bertz CT molecular complexity index is 982. The molecule has 0 radical (unpaired) electrons.